The Bertz CT molecular complexity index is 1090. The van der Waals surface area contributed by atoms with Crippen LogP contribution >= 0.6 is 0 Å². The molecule has 7 nitrogen and oxygen atoms in total. The lowest BCUT2D eigenvalue weighted by Crippen LogP contribution is -2.28. The standard InChI is InChI=1S/C19H23N5O2.C6H10/c1-23(2)16(13-9-10-17(26-4)20-11-13)12-21-18-14-7-5-6-8-15(14)19(25)24(3)22-18;1-3-5-6-4-2/h5-11,16H,12H2,1-4H3,(H,21,22);3-6H,1-2H3/b;5-3-,6-4-. The highest BCUT2D eigenvalue weighted by Gasteiger charge is 2.16. The van der Waals surface area contributed by atoms with E-state index in [4.69, 9.17) is 4.74 Å². The molecule has 170 valence electrons. The smallest absolute Gasteiger partial charge is 0.274 e. The van der Waals surface area contributed by atoms with Gasteiger partial charge >= 0.3 is 0 Å². The molecule has 3 rings (SSSR count). The molecule has 1 atom stereocenters. The molecule has 0 radical (unpaired) electrons. The van der Waals surface area contributed by atoms with Gasteiger partial charge in [-0.15, -0.1) is 0 Å². The number of pyridine rings is 1. The van der Waals surface area contributed by atoms with Gasteiger partial charge in [0.25, 0.3) is 5.56 Å². The number of nitrogens with zero attached hydrogens (tertiary/aromatic N) is 4. The average Bonchev–Trinajstić information content (AvgIpc) is 2.81. The molecular formula is C25H33N5O2. The first-order valence-electron chi connectivity index (χ1n) is 10.5. The van der Waals surface area contributed by atoms with Gasteiger partial charge in [-0.05, 0) is 39.6 Å². The van der Waals surface area contributed by atoms with Crippen molar-refractivity contribution < 1.29 is 4.74 Å². The lowest BCUT2D eigenvalue weighted by Gasteiger charge is -2.25. The van der Waals surface area contributed by atoms with Gasteiger partial charge in [-0.3, -0.25) is 4.79 Å². The fourth-order valence-corrected chi connectivity index (χ4v) is 3.15. The number of likely N-dealkylation sites (N-methyl/N-ethyl adjacent to an activating group) is 1. The van der Waals surface area contributed by atoms with Crippen molar-refractivity contribution in [1.82, 2.24) is 19.7 Å². The van der Waals surface area contributed by atoms with Gasteiger partial charge in [0.15, 0.2) is 5.82 Å². The predicted molar refractivity (Wildman–Crippen MR) is 132 cm³/mol. The summed E-state index contributed by atoms with van der Waals surface area (Å²) in [6.45, 7) is 4.62. The second-order valence-corrected chi connectivity index (χ2v) is 7.37. The summed E-state index contributed by atoms with van der Waals surface area (Å²) in [5, 5.41) is 9.26. The molecule has 32 heavy (non-hydrogen) atoms. The van der Waals surface area contributed by atoms with Crippen LogP contribution in [0.2, 0.25) is 0 Å². The summed E-state index contributed by atoms with van der Waals surface area (Å²) in [6.07, 6.45) is 9.82. The maximum absolute atomic E-state index is 12.3. The minimum atomic E-state index is -0.102. The van der Waals surface area contributed by atoms with Gasteiger partial charge in [-0.25, -0.2) is 9.67 Å². The normalized spacial score (nSPS) is 12.2. The number of rotatable bonds is 7. The Hall–Kier alpha value is -3.45. The van der Waals surface area contributed by atoms with Crippen LogP contribution in [0.3, 0.4) is 0 Å². The average molecular weight is 436 g/mol. The topological polar surface area (TPSA) is 72.3 Å². The number of ether oxygens (including phenoxy) is 1. The van der Waals surface area contributed by atoms with Gasteiger partial charge < -0.3 is 15.0 Å². The minimum Gasteiger partial charge on any atom is -0.481 e. The lowest BCUT2D eigenvalue weighted by atomic mass is 10.1. The molecule has 0 amide bonds. The van der Waals surface area contributed by atoms with Gasteiger partial charge in [0.05, 0.1) is 18.5 Å². The van der Waals surface area contributed by atoms with Crippen LogP contribution in [0.4, 0.5) is 5.82 Å². The Morgan fingerprint density at radius 2 is 1.75 bits per heavy atom. The van der Waals surface area contributed by atoms with Crippen molar-refractivity contribution in [3.05, 3.63) is 82.8 Å². The summed E-state index contributed by atoms with van der Waals surface area (Å²) in [5.74, 6) is 1.28. The molecule has 2 heterocycles. The first-order valence-corrected chi connectivity index (χ1v) is 10.5. The molecule has 0 fully saturated rings. The first kappa shape index (κ1) is 24.8. The molecule has 3 aromatic rings. The number of benzene rings is 1. The van der Waals surface area contributed by atoms with Crippen LogP contribution in [-0.4, -0.2) is 47.4 Å². The first-order chi connectivity index (χ1) is 15.4. The van der Waals surface area contributed by atoms with Gasteiger partial charge in [-0.1, -0.05) is 48.6 Å². The monoisotopic (exact) mass is 435 g/mol. The zero-order valence-corrected chi connectivity index (χ0v) is 19.7. The molecule has 1 aromatic carbocycles. The van der Waals surface area contributed by atoms with Gasteiger partial charge in [0.2, 0.25) is 5.88 Å². The molecule has 7 heteroatoms. The number of allylic oxidation sites excluding steroid dienone is 4. The third kappa shape index (κ3) is 6.52. The number of aromatic nitrogens is 3. The highest BCUT2D eigenvalue weighted by molar-refractivity contribution is 5.90. The third-order valence-electron chi connectivity index (χ3n) is 4.89. The molecule has 2 aromatic heterocycles. The predicted octanol–water partition coefficient (Wildman–Crippen LogP) is 4.19. The Morgan fingerprint density at radius 3 is 2.28 bits per heavy atom. The van der Waals surface area contributed by atoms with Crippen LogP contribution in [0, 0.1) is 0 Å². The molecule has 1 N–H and O–H groups in total. The third-order valence-corrected chi connectivity index (χ3v) is 4.89. The van der Waals surface area contributed by atoms with Crippen molar-refractivity contribution in [2.24, 2.45) is 7.05 Å². The number of anilines is 1. The van der Waals surface area contributed by atoms with E-state index in [1.807, 2.05) is 94.8 Å². The molecule has 0 saturated carbocycles. The van der Waals surface area contributed by atoms with E-state index >= 15 is 0 Å². The van der Waals surface area contributed by atoms with E-state index in [0.717, 1.165) is 10.9 Å². The summed E-state index contributed by atoms with van der Waals surface area (Å²) < 4.78 is 6.49. The summed E-state index contributed by atoms with van der Waals surface area (Å²) in [5.41, 5.74) is 0.965. The second kappa shape index (κ2) is 12.4. The van der Waals surface area contributed by atoms with Gasteiger partial charge in [0, 0.05) is 31.2 Å². The fourth-order valence-electron chi connectivity index (χ4n) is 3.15. The molecule has 0 spiro atoms. The number of nitrogens with one attached hydrogen (secondary N) is 1. The largest absolute Gasteiger partial charge is 0.481 e. The Kier molecular flexibility index (Phi) is 9.63. The van der Waals surface area contributed by atoms with E-state index in [2.05, 4.69) is 20.3 Å². The van der Waals surface area contributed by atoms with Crippen molar-refractivity contribution in [3.63, 3.8) is 0 Å². The molecule has 0 aliphatic rings. The van der Waals surface area contributed by atoms with E-state index < -0.39 is 0 Å². The number of aryl methyl sites for hydroxylation is 1. The van der Waals surface area contributed by atoms with Crippen LogP contribution in [-0.2, 0) is 7.05 Å². The van der Waals surface area contributed by atoms with Crippen molar-refractivity contribution >= 4 is 16.6 Å². The summed E-state index contributed by atoms with van der Waals surface area (Å²) >= 11 is 0. The van der Waals surface area contributed by atoms with Crippen molar-refractivity contribution in [3.8, 4) is 5.88 Å². The van der Waals surface area contributed by atoms with E-state index in [1.165, 1.54) is 4.68 Å². The Balaban J connectivity index is 0.000000534. The van der Waals surface area contributed by atoms with E-state index in [0.29, 0.717) is 23.6 Å². The zero-order chi connectivity index (χ0) is 23.5. The molecule has 0 aliphatic heterocycles. The molecule has 0 saturated heterocycles. The van der Waals surface area contributed by atoms with Crippen molar-refractivity contribution in [1.29, 1.82) is 0 Å². The number of hydrogen-bond acceptors (Lipinski definition) is 6. The SMILES string of the molecule is C/C=C\C=C/C.COc1ccc(C(CNc2nn(C)c(=O)c3ccccc23)N(C)C)cn1. The van der Waals surface area contributed by atoms with Crippen LogP contribution in [0.25, 0.3) is 10.8 Å². The summed E-state index contributed by atoms with van der Waals surface area (Å²) in [4.78, 5) is 18.7. The summed E-state index contributed by atoms with van der Waals surface area (Å²) in [7, 11) is 7.30. The zero-order valence-electron chi connectivity index (χ0n) is 19.7. The second-order valence-electron chi connectivity index (χ2n) is 7.37. The Labute approximate surface area is 190 Å². The molecular weight excluding hydrogens is 402 g/mol. The van der Waals surface area contributed by atoms with Gasteiger partial charge in [-0.2, -0.15) is 5.10 Å². The van der Waals surface area contributed by atoms with E-state index in [-0.39, 0.29) is 11.6 Å². The van der Waals surface area contributed by atoms with Gasteiger partial charge in [0.1, 0.15) is 0 Å². The molecule has 0 aliphatic carbocycles. The number of hydrogen-bond donors (Lipinski definition) is 1. The van der Waals surface area contributed by atoms with Crippen molar-refractivity contribution in [2.75, 3.05) is 33.1 Å². The molecule has 1 unspecified atom stereocenters. The number of fused-ring (bicyclic) bond motifs is 1. The highest BCUT2D eigenvalue weighted by atomic mass is 16.5. The van der Waals surface area contributed by atoms with E-state index in [1.54, 1.807) is 14.2 Å². The van der Waals surface area contributed by atoms with E-state index in [9.17, 15) is 4.79 Å². The van der Waals surface area contributed by atoms with Crippen molar-refractivity contribution in [2.45, 2.75) is 19.9 Å². The fraction of sp³-hybridized carbons (Fsp3) is 0.320. The van der Waals surface area contributed by atoms with Crippen LogP contribution in [0.5, 0.6) is 5.88 Å². The number of methoxy groups -OCH3 is 1. The van der Waals surface area contributed by atoms with Crippen LogP contribution in [0.15, 0.2) is 71.7 Å². The maximum Gasteiger partial charge on any atom is 0.274 e. The summed E-state index contributed by atoms with van der Waals surface area (Å²) in [6, 6.07) is 11.4. The van der Waals surface area contributed by atoms with Crippen LogP contribution < -0.4 is 15.6 Å². The molecule has 0 bridgehead atoms. The minimum absolute atomic E-state index is 0.0891. The quantitative estimate of drug-likeness (QED) is 0.561. The maximum atomic E-state index is 12.3. The lowest BCUT2D eigenvalue weighted by molar-refractivity contribution is 0.310. The highest BCUT2D eigenvalue weighted by Crippen LogP contribution is 2.22. The Morgan fingerprint density at radius 1 is 1.09 bits per heavy atom. The van der Waals surface area contributed by atoms with Crippen LogP contribution in [0.1, 0.15) is 25.5 Å².